The summed E-state index contributed by atoms with van der Waals surface area (Å²) in [4.78, 5) is 48.9. The average Bonchev–Trinajstić information content (AvgIpc) is 3.08. The first kappa shape index (κ1) is 26.0. The second-order valence-electron chi connectivity index (χ2n) is 6.24. The van der Waals surface area contributed by atoms with E-state index >= 15 is 0 Å². The topological polar surface area (TPSA) is 282 Å². The molecule has 0 bridgehead atoms. The number of aliphatic hydroxyl groups excluding tert-OH is 2. The fourth-order valence-corrected chi connectivity index (χ4v) is 6.90. The number of phosphoric ester groups is 1. The summed E-state index contributed by atoms with van der Waals surface area (Å²) in [5.41, 5.74) is 6.11. The van der Waals surface area contributed by atoms with Crippen molar-refractivity contribution in [3.8, 4) is 0 Å². The third-order valence-electron chi connectivity index (χ3n) is 3.93. The fourth-order valence-electron chi connectivity index (χ4n) is 2.72. The smallest absolute Gasteiger partial charge is 0.387 e. The SMILES string of the molecule is Nc1ncnc2c1nc(I)n2[C@@H]1O[C@H](COP(=O)(O)OP(=O)(O)NP(=O)(O)O)[C@@H](O)[C@H]1O. The van der Waals surface area contributed by atoms with Gasteiger partial charge < -0.3 is 40.3 Å². The molecule has 3 rings (SSSR count). The van der Waals surface area contributed by atoms with Gasteiger partial charge in [0.05, 0.1) is 6.61 Å². The lowest BCUT2D eigenvalue weighted by atomic mass is 10.1. The van der Waals surface area contributed by atoms with Crippen molar-refractivity contribution >= 4 is 62.9 Å². The van der Waals surface area contributed by atoms with Crippen LogP contribution in [0.4, 0.5) is 5.82 Å². The van der Waals surface area contributed by atoms with Gasteiger partial charge in [-0.1, -0.05) is 0 Å². The first-order valence-corrected chi connectivity index (χ1v) is 13.9. The van der Waals surface area contributed by atoms with Crippen molar-refractivity contribution in [2.45, 2.75) is 24.5 Å². The molecule has 0 saturated carbocycles. The zero-order chi connectivity index (χ0) is 24.1. The summed E-state index contributed by atoms with van der Waals surface area (Å²) in [7, 11) is -16.1. The van der Waals surface area contributed by atoms with Gasteiger partial charge in [0.25, 0.3) is 0 Å². The number of hydrogen-bond donors (Lipinski definition) is 8. The van der Waals surface area contributed by atoms with Gasteiger partial charge in [0.15, 0.2) is 27.0 Å². The van der Waals surface area contributed by atoms with E-state index in [0.29, 0.717) is 0 Å². The van der Waals surface area contributed by atoms with Crippen LogP contribution in [-0.2, 0) is 27.3 Å². The van der Waals surface area contributed by atoms with Crippen LogP contribution < -0.4 is 10.6 Å². The number of nitrogen functional groups attached to an aromatic ring is 1. The number of nitrogens with zero attached hydrogens (tertiary/aromatic N) is 4. The van der Waals surface area contributed by atoms with Crippen LogP contribution in [-0.4, -0.2) is 74.2 Å². The molecule has 0 radical (unpaired) electrons. The molecule has 9 N–H and O–H groups in total. The number of rotatable bonds is 8. The summed E-state index contributed by atoms with van der Waals surface area (Å²) < 4.78 is 49.5. The molecule has 1 fully saturated rings. The Balaban J connectivity index is 1.73. The van der Waals surface area contributed by atoms with E-state index in [-0.39, 0.29) is 20.8 Å². The molecule has 22 heteroatoms. The van der Waals surface area contributed by atoms with Crippen LogP contribution in [0.3, 0.4) is 0 Å². The van der Waals surface area contributed by atoms with Crippen molar-refractivity contribution in [3.63, 3.8) is 0 Å². The molecule has 32 heavy (non-hydrogen) atoms. The molecule has 1 saturated heterocycles. The van der Waals surface area contributed by atoms with Gasteiger partial charge in [-0.25, -0.2) is 28.6 Å². The number of hydrogen-bond acceptors (Lipinski definition) is 12. The molecule has 1 aliphatic rings. The van der Waals surface area contributed by atoms with Gasteiger partial charge in [-0.05, 0) is 0 Å². The Hall–Kier alpha value is -0.630. The van der Waals surface area contributed by atoms with Gasteiger partial charge in [-0.2, -0.15) is 4.31 Å². The molecule has 6 atom stereocenters. The van der Waals surface area contributed by atoms with Crippen LogP contribution in [0.1, 0.15) is 6.23 Å². The molecule has 0 amide bonds. The monoisotopic (exact) mass is 632 g/mol. The van der Waals surface area contributed by atoms with E-state index in [9.17, 15) is 33.7 Å². The van der Waals surface area contributed by atoms with Gasteiger partial charge in [-0.3, -0.25) is 9.09 Å². The zero-order valence-electron chi connectivity index (χ0n) is 15.3. The summed E-state index contributed by atoms with van der Waals surface area (Å²) in [5.74, 6) is 0.0512. The van der Waals surface area contributed by atoms with Crippen molar-refractivity contribution < 1.29 is 57.1 Å². The molecule has 1 aliphatic heterocycles. The first-order valence-electron chi connectivity index (χ1n) is 8.12. The summed E-state index contributed by atoms with van der Waals surface area (Å²) >= 11 is 1.79. The van der Waals surface area contributed by atoms with Crippen molar-refractivity contribution in [1.29, 1.82) is 0 Å². The highest BCUT2D eigenvalue weighted by Gasteiger charge is 2.47. The minimum absolute atomic E-state index is 0.0512. The highest BCUT2D eigenvalue weighted by atomic mass is 127. The number of ether oxygens (including phenoxy) is 1. The Morgan fingerprint density at radius 1 is 1.19 bits per heavy atom. The van der Waals surface area contributed by atoms with Gasteiger partial charge in [0.1, 0.15) is 24.6 Å². The molecular formula is C10H16IN6O12P3. The van der Waals surface area contributed by atoms with E-state index in [0.717, 1.165) is 11.2 Å². The molecule has 2 aromatic heterocycles. The van der Waals surface area contributed by atoms with Crippen molar-refractivity contribution in [1.82, 2.24) is 24.4 Å². The van der Waals surface area contributed by atoms with Crippen LogP contribution in [0, 0.1) is 3.83 Å². The number of fused-ring (bicyclic) bond motifs is 1. The van der Waals surface area contributed by atoms with E-state index in [1.54, 1.807) is 22.6 Å². The fraction of sp³-hybridized carbons (Fsp3) is 0.500. The Kier molecular flexibility index (Phi) is 7.47. The summed E-state index contributed by atoms with van der Waals surface area (Å²) in [6.45, 7) is -0.932. The van der Waals surface area contributed by atoms with Crippen LogP contribution in [0.15, 0.2) is 6.33 Å². The lowest BCUT2D eigenvalue weighted by Gasteiger charge is -2.20. The Labute approximate surface area is 191 Å². The molecule has 0 spiro atoms. The number of halogens is 1. The number of imidazole rings is 1. The minimum Gasteiger partial charge on any atom is -0.387 e. The third-order valence-corrected chi connectivity index (χ3v) is 8.93. The maximum Gasteiger partial charge on any atom is 0.480 e. The minimum atomic E-state index is -5.46. The normalized spacial score (nSPS) is 28.0. The van der Waals surface area contributed by atoms with Crippen LogP contribution in [0.5, 0.6) is 0 Å². The van der Waals surface area contributed by atoms with Gasteiger partial charge in [0.2, 0.25) is 0 Å². The molecule has 2 unspecified atom stereocenters. The van der Waals surface area contributed by atoms with E-state index in [2.05, 4.69) is 23.8 Å². The second kappa shape index (κ2) is 9.20. The van der Waals surface area contributed by atoms with E-state index < -0.39 is 54.5 Å². The lowest BCUT2D eigenvalue weighted by molar-refractivity contribution is -0.0513. The predicted molar refractivity (Wildman–Crippen MR) is 110 cm³/mol. The van der Waals surface area contributed by atoms with E-state index in [1.807, 2.05) is 0 Å². The molecule has 180 valence electrons. The van der Waals surface area contributed by atoms with E-state index in [4.69, 9.17) is 20.3 Å². The van der Waals surface area contributed by atoms with Crippen molar-refractivity contribution in [3.05, 3.63) is 10.2 Å². The molecule has 2 aromatic rings. The van der Waals surface area contributed by atoms with Gasteiger partial charge >= 0.3 is 23.3 Å². The molecule has 0 aromatic carbocycles. The average molecular weight is 632 g/mol. The van der Waals surface area contributed by atoms with Gasteiger partial charge in [0, 0.05) is 22.6 Å². The molecule has 0 aliphatic carbocycles. The predicted octanol–water partition coefficient (Wildman–Crippen LogP) is -1.45. The first-order chi connectivity index (χ1) is 14.6. The lowest BCUT2D eigenvalue weighted by Crippen LogP contribution is -2.33. The number of aliphatic hydroxyl groups is 2. The zero-order valence-corrected chi connectivity index (χ0v) is 20.2. The highest BCUT2D eigenvalue weighted by Crippen LogP contribution is 2.61. The maximum atomic E-state index is 11.9. The number of nitrogens with two attached hydrogens (primary N) is 1. The highest BCUT2D eigenvalue weighted by molar-refractivity contribution is 14.1. The number of anilines is 1. The Bertz CT molecular complexity index is 1160. The van der Waals surface area contributed by atoms with E-state index in [1.165, 1.54) is 4.57 Å². The van der Waals surface area contributed by atoms with Crippen molar-refractivity contribution in [2.75, 3.05) is 12.3 Å². The standard InChI is InChI=1S/C10H16IN6O12P3/c11-10-15-4-7(12)13-2-14-8(4)17(10)9-6(19)5(18)3(28-9)1-27-32(25,26)29-31(23,24)16-30(20,21)22/h2-3,5-6,9,18-19H,1H2,(H,25,26)(H2,12,13,14)(H4,16,20,21,22,23,24)/t3-,5-,6-,9-/m1/s1. The van der Waals surface area contributed by atoms with Gasteiger partial charge in [-0.15, -0.1) is 4.86 Å². The molecule has 18 nitrogen and oxygen atoms in total. The molecular weight excluding hydrogens is 616 g/mol. The Morgan fingerprint density at radius 3 is 2.47 bits per heavy atom. The Morgan fingerprint density at radius 2 is 1.84 bits per heavy atom. The molecule has 3 heterocycles. The third kappa shape index (κ3) is 5.89. The summed E-state index contributed by atoms with van der Waals surface area (Å²) in [6.07, 6.45) is -4.85. The number of aromatic nitrogens is 4. The number of nitrogens with one attached hydrogen (secondary N) is 1. The van der Waals surface area contributed by atoms with Crippen LogP contribution in [0.2, 0.25) is 0 Å². The summed E-state index contributed by atoms with van der Waals surface area (Å²) in [6, 6.07) is 0. The largest absolute Gasteiger partial charge is 0.480 e. The quantitative estimate of drug-likeness (QED) is 0.0938. The summed E-state index contributed by atoms with van der Waals surface area (Å²) in [5, 5.41) is 20.6. The van der Waals surface area contributed by atoms with Crippen molar-refractivity contribution in [2.24, 2.45) is 0 Å². The van der Waals surface area contributed by atoms with Crippen LogP contribution >= 0.6 is 45.9 Å². The van der Waals surface area contributed by atoms with Crippen LogP contribution in [0.25, 0.3) is 11.2 Å². The number of phosphoric acid groups is 1. The second-order valence-corrected chi connectivity index (χ2v) is 12.0. The maximum absolute atomic E-state index is 11.9.